The maximum atomic E-state index is 12.4. The summed E-state index contributed by atoms with van der Waals surface area (Å²) in [6.45, 7) is 1.19. The van der Waals surface area contributed by atoms with Crippen LogP contribution in [0.3, 0.4) is 0 Å². The van der Waals surface area contributed by atoms with Gasteiger partial charge in [-0.2, -0.15) is 0 Å². The van der Waals surface area contributed by atoms with Crippen LogP contribution in [0.5, 0.6) is 0 Å². The van der Waals surface area contributed by atoms with E-state index in [1.54, 1.807) is 0 Å². The molecule has 0 N–H and O–H groups in total. The van der Waals surface area contributed by atoms with Crippen LogP contribution in [0, 0.1) is 0 Å². The van der Waals surface area contributed by atoms with Crippen molar-refractivity contribution in [2.45, 2.75) is 13.1 Å². The highest BCUT2D eigenvalue weighted by Crippen LogP contribution is 2.24. The highest BCUT2D eigenvalue weighted by atomic mass is 16.2. The molecule has 4 rings (SSSR count). The Bertz CT molecular complexity index is 930. The van der Waals surface area contributed by atoms with Crippen LogP contribution in [0.25, 0.3) is 0 Å². The largest absolute Gasteiger partial charge is 0.330 e. The molecule has 1 heterocycles. The van der Waals surface area contributed by atoms with E-state index in [1.807, 2.05) is 83.8 Å². The molecular formula is C22H17NO2. The van der Waals surface area contributed by atoms with Gasteiger partial charge in [-0.1, -0.05) is 72.8 Å². The van der Waals surface area contributed by atoms with E-state index < -0.39 is 0 Å². The highest BCUT2D eigenvalue weighted by Gasteiger charge is 2.26. The lowest BCUT2D eigenvalue weighted by atomic mass is 10.0. The van der Waals surface area contributed by atoms with Crippen LogP contribution in [-0.4, -0.2) is 16.6 Å². The van der Waals surface area contributed by atoms with Crippen LogP contribution in [0.2, 0.25) is 0 Å². The molecule has 3 aromatic carbocycles. The summed E-state index contributed by atoms with van der Waals surface area (Å²) in [6, 6.07) is 24.5. The topological polar surface area (TPSA) is 37.4 Å². The molecule has 0 aliphatic carbocycles. The number of carbonyl (C=O) groups is 2. The minimum Gasteiger partial charge on any atom is -0.330 e. The first-order valence-corrected chi connectivity index (χ1v) is 8.28. The van der Waals surface area contributed by atoms with Gasteiger partial charge in [-0.25, -0.2) is 0 Å². The zero-order valence-electron chi connectivity index (χ0n) is 13.7. The predicted octanol–water partition coefficient (Wildman–Crippen LogP) is 4.07. The third-order valence-corrected chi connectivity index (χ3v) is 4.52. The molecule has 0 aromatic heterocycles. The van der Waals surface area contributed by atoms with Gasteiger partial charge in [0, 0.05) is 29.8 Å². The van der Waals surface area contributed by atoms with E-state index in [1.165, 1.54) is 0 Å². The fraction of sp³-hybridized carbons (Fsp3) is 0.0909. The lowest BCUT2D eigenvalue weighted by Gasteiger charge is -2.15. The standard InChI is InChI=1S/C22H17NO2/c24-21(17-6-2-1-3-7-17)18-12-10-16(11-13-18)14-23-15-19-8-4-5-9-20(19)22(23)25/h1-13H,14-15H2. The van der Waals surface area contributed by atoms with E-state index in [2.05, 4.69) is 0 Å². The maximum absolute atomic E-state index is 12.4. The van der Waals surface area contributed by atoms with Gasteiger partial charge >= 0.3 is 0 Å². The SMILES string of the molecule is O=C(c1ccccc1)c1ccc(CN2Cc3ccccc3C2=O)cc1. The van der Waals surface area contributed by atoms with Crippen LogP contribution in [0.15, 0.2) is 78.9 Å². The molecule has 25 heavy (non-hydrogen) atoms. The summed E-state index contributed by atoms with van der Waals surface area (Å²) in [7, 11) is 0. The molecule has 0 radical (unpaired) electrons. The first-order chi connectivity index (χ1) is 12.2. The molecular weight excluding hydrogens is 310 g/mol. The van der Waals surface area contributed by atoms with Crippen molar-refractivity contribution in [2.24, 2.45) is 0 Å². The van der Waals surface area contributed by atoms with Crippen molar-refractivity contribution in [1.82, 2.24) is 4.90 Å². The number of carbonyl (C=O) groups excluding carboxylic acids is 2. The second kappa shape index (κ2) is 6.36. The first kappa shape index (κ1) is 15.3. The fourth-order valence-electron chi connectivity index (χ4n) is 3.18. The zero-order valence-corrected chi connectivity index (χ0v) is 13.7. The van der Waals surface area contributed by atoms with Crippen LogP contribution in [-0.2, 0) is 13.1 Å². The second-order valence-electron chi connectivity index (χ2n) is 6.21. The third kappa shape index (κ3) is 2.96. The Morgan fingerprint density at radius 1 is 0.800 bits per heavy atom. The lowest BCUT2D eigenvalue weighted by molar-refractivity contribution is 0.0766. The number of ketones is 1. The predicted molar refractivity (Wildman–Crippen MR) is 96.3 cm³/mol. The molecule has 0 saturated heterocycles. The molecule has 1 aliphatic rings. The molecule has 3 nitrogen and oxygen atoms in total. The monoisotopic (exact) mass is 327 g/mol. The average molecular weight is 327 g/mol. The molecule has 122 valence electrons. The number of rotatable bonds is 4. The van der Waals surface area contributed by atoms with Gasteiger partial charge in [0.25, 0.3) is 5.91 Å². The molecule has 0 atom stereocenters. The smallest absolute Gasteiger partial charge is 0.254 e. The number of nitrogens with zero attached hydrogens (tertiary/aromatic N) is 1. The summed E-state index contributed by atoms with van der Waals surface area (Å²) in [5.74, 6) is 0.0804. The summed E-state index contributed by atoms with van der Waals surface area (Å²) in [4.78, 5) is 26.7. The molecule has 0 bridgehead atoms. The Hall–Kier alpha value is -3.20. The van der Waals surface area contributed by atoms with Crippen molar-refractivity contribution in [3.05, 3.63) is 107 Å². The first-order valence-electron chi connectivity index (χ1n) is 8.28. The number of amides is 1. The molecule has 1 aliphatic heterocycles. The van der Waals surface area contributed by atoms with Crippen LogP contribution < -0.4 is 0 Å². The minimum atomic E-state index is 0.0109. The second-order valence-corrected chi connectivity index (χ2v) is 6.21. The van der Waals surface area contributed by atoms with E-state index in [0.29, 0.717) is 24.2 Å². The summed E-state index contributed by atoms with van der Waals surface area (Å²) >= 11 is 0. The van der Waals surface area contributed by atoms with Gasteiger partial charge in [0.1, 0.15) is 0 Å². The summed E-state index contributed by atoms with van der Waals surface area (Å²) in [5.41, 5.74) is 4.22. The van der Waals surface area contributed by atoms with Gasteiger partial charge in [0.2, 0.25) is 0 Å². The Labute approximate surface area is 146 Å². The van der Waals surface area contributed by atoms with Crippen molar-refractivity contribution in [1.29, 1.82) is 0 Å². The molecule has 3 heteroatoms. The van der Waals surface area contributed by atoms with Crippen molar-refractivity contribution in [2.75, 3.05) is 0 Å². The summed E-state index contributed by atoms with van der Waals surface area (Å²) in [6.07, 6.45) is 0. The molecule has 0 saturated carbocycles. The minimum absolute atomic E-state index is 0.0109. The lowest BCUT2D eigenvalue weighted by Crippen LogP contribution is -2.23. The number of hydrogen-bond donors (Lipinski definition) is 0. The molecule has 3 aromatic rings. The summed E-state index contributed by atoms with van der Waals surface area (Å²) in [5, 5.41) is 0. The quantitative estimate of drug-likeness (QED) is 0.677. The van der Waals surface area contributed by atoms with Crippen molar-refractivity contribution < 1.29 is 9.59 Å². The van der Waals surface area contributed by atoms with E-state index in [9.17, 15) is 9.59 Å². The van der Waals surface area contributed by atoms with E-state index in [4.69, 9.17) is 0 Å². The Balaban J connectivity index is 1.49. The number of benzene rings is 3. The Morgan fingerprint density at radius 3 is 2.16 bits per heavy atom. The van der Waals surface area contributed by atoms with Crippen LogP contribution in [0.1, 0.15) is 37.4 Å². The Morgan fingerprint density at radius 2 is 1.44 bits per heavy atom. The zero-order chi connectivity index (χ0) is 17.2. The molecule has 0 fully saturated rings. The van der Waals surface area contributed by atoms with Crippen molar-refractivity contribution in [3.8, 4) is 0 Å². The van der Waals surface area contributed by atoms with Crippen molar-refractivity contribution >= 4 is 11.7 Å². The number of fused-ring (bicyclic) bond motifs is 1. The molecule has 0 spiro atoms. The van der Waals surface area contributed by atoms with E-state index in [-0.39, 0.29) is 11.7 Å². The van der Waals surface area contributed by atoms with Gasteiger partial charge in [-0.3, -0.25) is 9.59 Å². The van der Waals surface area contributed by atoms with Crippen molar-refractivity contribution in [3.63, 3.8) is 0 Å². The summed E-state index contributed by atoms with van der Waals surface area (Å²) < 4.78 is 0. The van der Waals surface area contributed by atoms with Crippen LogP contribution >= 0.6 is 0 Å². The van der Waals surface area contributed by atoms with E-state index in [0.717, 1.165) is 16.7 Å². The van der Waals surface area contributed by atoms with Crippen LogP contribution in [0.4, 0.5) is 0 Å². The number of hydrogen-bond acceptors (Lipinski definition) is 2. The third-order valence-electron chi connectivity index (χ3n) is 4.52. The van der Waals surface area contributed by atoms with Gasteiger partial charge < -0.3 is 4.90 Å². The normalized spacial score (nSPS) is 13.0. The average Bonchev–Trinajstić information content (AvgIpc) is 2.98. The molecule has 0 unspecified atom stereocenters. The van der Waals surface area contributed by atoms with Gasteiger partial charge in [0.05, 0.1) is 0 Å². The maximum Gasteiger partial charge on any atom is 0.254 e. The van der Waals surface area contributed by atoms with Gasteiger partial charge in [-0.15, -0.1) is 0 Å². The molecule has 1 amide bonds. The van der Waals surface area contributed by atoms with E-state index >= 15 is 0 Å². The highest BCUT2D eigenvalue weighted by molar-refractivity contribution is 6.08. The Kier molecular flexibility index (Phi) is 3.90. The van der Waals surface area contributed by atoms with Gasteiger partial charge in [-0.05, 0) is 17.2 Å². The fourth-order valence-corrected chi connectivity index (χ4v) is 3.18. The van der Waals surface area contributed by atoms with Gasteiger partial charge in [0.15, 0.2) is 5.78 Å².